The summed E-state index contributed by atoms with van der Waals surface area (Å²) in [5.41, 5.74) is 1.68. The minimum absolute atomic E-state index is 0.0545. The van der Waals surface area contributed by atoms with Crippen LogP contribution in [0.3, 0.4) is 0 Å². The number of anilines is 1. The number of phenolic OH excluding ortho intramolecular Hbond substituents is 1. The number of aromatic hydroxyl groups is 1. The van der Waals surface area contributed by atoms with E-state index in [0.717, 1.165) is 5.69 Å². The monoisotopic (exact) mass is 277 g/mol. The molecule has 2 aromatic carbocycles. The van der Waals surface area contributed by atoms with Gasteiger partial charge in [-0.2, -0.15) is 0 Å². The lowest BCUT2D eigenvalue weighted by molar-refractivity contribution is 0.0697. The van der Waals surface area contributed by atoms with Crippen LogP contribution < -0.4 is 5.32 Å². The number of carboxylic acids is 1. The van der Waals surface area contributed by atoms with Gasteiger partial charge in [0.2, 0.25) is 0 Å². The summed E-state index contributed by atoms with van der Waals surface area (Å²) in [4.78, 5) is 10.7. The zero-order valence-corrected chi connectivity index (χ0v) is 10.7. The number of hydrogen-bond acceptors (Lipinski definition) is 3. The fourth-order valence-electron chi connectivity index (χ4n) is 1.63. The summed E-state index contributed by atoms with van der Waals surface area (Å²) in [6.07, 6.45) is 0. The second-order valence-electron chi connectivity index (χ2n) is 3.98. The first kappa shape index (κ1) is 13.2. The first-order chi connectivity index (χ1) is 9.08. The van der Waals surface area contributed by atoms with Gasteiger partial charge < -0.3 is 15.5 Å². The van der Waals surface area contributed by atoms with Gasteiger partial charge in [-0.15, -0.1) is 0 Å². The Morgan fingerprint density at radius 2 is 1.84 bits per heavy atom. The van der Waals surface area contributed by atoms with Crippen molar-refractivity contribution in [2.75, 3.05) is 5.32 Å². The highest BCUT2D eigenvalue weighted by Crippen LogP contribution is 2.27. The third-order valence-electron chi connectivity index (χ3n) is 2.69. The summed E-state index contributed by atoms with van der Waals surface area (Å²) in [6.45, 7) is 0.402. The maximum absolute atomic E-state index is 10.7. The van der Waals surface area contributed by atoms with E-state index < -0.39 is 5.97 Å². The molecule has 0 saturated heterocycles. The van der Waals surface area contributed by atoms with E-state index in [1.54, 1.807) is 30.3 Å². The van der Waals surface area contributed by atoms with Crippen molar-refractivity contribution in [3.8, 4) is 5.75 Å². The van der Waals surface area contributed by atoms with E-state index in [2.05, 4.69) is 5.32 Å². The summed E-state index contributed by atoms with van der Waals surface area (Å²) in [5.74, 6) is -0.905. The van der Waals surface area contributed by atoms with Gasteiger partial charge in [0, 0.05) is 17.8 Å². The van der Waals surface area contributed by atoms with Crippen molar-refractivity contribution in [3.05, 3.63) is 58.6 Å². The van der Waals surface area contributed by atoms with Gasteiger partial charge in [0.1, 0.15) is 5.75 Å². The third-order valence-corrected chi connectivity index (χ3v) is 2.99. The minimum Gasteiger partial charge on any atom is -0.506 e. The van der Waals surface area contributed by atoms with Gasteiger partial charge in [-0.3, -0.25) is 0 Å². The number of nitrogens with one attached hydrogen (secondary N) is 1. The highest BCUT2D eigenvalue weighted by atomic mass is 35.5. The Kier molecular flexibility index (Phi) is 3.92. The van der Waals surface area contributed by atoms with E-state index in [1.165, 1.54) is 12.1 Å². The SMILES string of the molecule is O=C(O)c1ccc(NCc2cccc(Cl)c2O)cc1. The quantitative estimate of drug-likeness (QED) is 0.801. The average molecular weight is 278 g/mol. The van der Waals surface area contributed by atoms with Crippen LogP contribution in [0, 0.1) is 0 Å². The molecule has 5 heteroatoms. The number of rotatable bonds is 4. The predicted molar refractivity (Wildman–Crippen MR) is 73.8 cm³/mol. The van der Waals surface area contributed by atoms with Gasteiger partial charge in [0.15, 0.2) is 0 Å². The van der Waals surface area contributed by atoms with Crippen LogP contribution in [0.1, 0.15) is 15.9 Å². The lowest BCUT2D eigenvalue weighted by Gasteiger charge is -2.09. The standard InChI is InChI=1S/C14H12ClNO3/c15-12-3-1-2-10(13(12)17)8-16-11-6-4-9(5-7-11)14(18)19/h1-7,16-17H,8H2,(H,18,19). The fourth-order valence-corrected chi connectivity index (χ4v) is 1.82. The van der Waals surface area contributed by atoms with Crippen LogP contribution >= 0.6 is 11.6 Å². The summed E-state index contributed by atoms with van der Waals surface area (Å²) in [6, 6.07) is 11.5. The molecule has 0 radical (unpaired) electrons. The van der Waals surface area contributed by atoms with Gasteiger partial charge in [0.25, 0.3) is 0 Å². The number of benzene rings is 2. The fraction of sp³-hybridized carbons (Fsp3) is 0.0714. The molecule has 3 N–H and O–H groups in total. The largest absolute Gasteiger partial charge is 0.506 e. The van der Waals surface area contributed by atoms with E-state index >= 15 is 0 Å². The van der Waals surface area contributed by atoms with Crippen LogP contribution in [-0.2, 0) is 6.54 Å². The molecule has 0 aliphatic carbocycles. The molecular formula is C14H12ClNO3. The van der Waals surface area contributed by atoms with Gasteiger partial charge in [-0.25, -0.2) is 4.79 Å². The molecule has 2 aromatic rings. The number of halogens is 1. The lowest BCUT2D eigenvalue weighted by Crippen LogP contribution is -2.01. The zero-order chi connectivity index (χ0) is 13.8. The molecule has 0 bridgehead atoms. The summed E-state index contributed by atoms with van der Waals surface area (Å²) in [7, 11) is 0. The van der Waals surface area contributed by atoms with Gasteiger partial charge >= 0.3 is 5.97 Å². The average Bonchev–Trinajstić information content (AvgIpc) is 2.41. The molecule has 0 heterocycles. The number of carboxylic acid groups (broad SMARTS) is 1. The molecule has 0 aliphatic heterocycles. The zero-order valence-electron chi connectivity index (χ0n) is 9.93. The number of hydrogen-bond donors (Lipinski definition) is 3. The molecule has 4 nitrogen and oxygen atoms in total. The molecule has 0 aliphatic rings. The molecule has 0 spiro atoms. The molecule has 2 rings (SSSR count). The first-order valence-electron chi connectivity index (χ1n) is 5.61. The molecule has 0 saturated carbocycles. The highest BCUT2D eigenvalue weighted by molar-refractivity contribution is 6.32. The molecular weight excluding hydrogens is 266 g/mol. The molecule has 0 fully saturated rings. The van der Waals surface area contributed by atoms with Crippen molar-refractivity contribution in [3.63, 3.8) is 0 Å². The van der Waals surface area contributed by atoms with Crippen molar-refractivity contribution >= 4 is 23.3 Å². The van der Waals surface area contributed by atoms with Gasteiger partial charge in [-0.05, 0) is 30.3 Å². The Morgan fingerprint density at radius 1 is 1.16 bits per heavy atom. The summed E-state index contributed by atoms with van der Waals surface area (Å²) < 4.78 is 0. The van der Waals surface area contributed by atoms with Crippen molar-refractivity contribution in [1.82, 2.24) is 0 Å². The molecule has 19 heavy (non-hydrogen) atoms. The van der Waals surface area contributed by atoms with Crippen LogP contribution in [0.25, 0.3) is 0 Å². The molecule has 0 atom stereocenters. The maximum atomic E-state index is 10.7. The molecule has 0 aromatic heterocycles. The van der Waals surface area contributed by atoms with E-state index in [4.69, 9.17) is 16.7 Å². The van der Waals surface area contributed by atoms with Crippen LogP contribution in [-0.4, -0.2) is 16.2 Å². The third kappa shape index (κ3) is 3.17. The first-order valence-corrected chi connectivity index (χ1v) is 5.99. The van der Waals surface area contributed by atoms with Crippen LogP contribution in [0.4, 0.5) is 5.69 Å². The number of para-hydroxylation sites is 1. The van der Waals surface area contributed by atoms with Gasteiger partial charge in [-0.1, -0.05) is 23.7 Å². The van der Waals surface area contributed by atoms with Crippen LogP contribution in [0.15, 0.2) is 42.5 Å². The maximum Gasteiger partial charge on any atom is 0.335 e. The normalized spacial score (nSPS) is 10.2. The number of phenols is 1. The minimum atomic E-state index is -0.959. The summed E-state index contributed by atoms with van der Waals surface area (Å²) >= 11 is 5.81. The highest BCUT2D eigenvalue weighted by Gasteiger charge is 2.05. The molecule has 0 amide bonds. The predicted octanol–water partition coefficient (Wildman–Crippen LogP) is 3.36. The van der Waals surface area contributed by atoms with E-state index in [0.29, 0.717) is 17.1 Å². The van der Waals surface area contributed by atoms with E-state index in [1.807, 2.05) is 0 Å². The lowest BCUT2D eigenvalue weighted by atomic mass is 10.2. The molecule has 0 unspecified atom stereocenters. The van der Waals surface area contributed by atoms with Crippen molar-refractivity contribution < 1.29 is 15.0 Å². The second-order valence-corrected chi connectivity index (χ2v) is 4.39. The Bertz CT molecular complexity index is 596. The van der Waals surface area contributed by atoms with Crippen molar-refractivity contribution in [2.24, 2.45) is 0 Å². The number of aromatic carboxylic acids is 1. The Morgan fingerprint density at radius 3 is 2.47 bits per heavy atom. The van der Waals surface area contributed by atoms with E-state index in [-0.39, 0.29) is 11.3 Å². The van der Waals surface area contributed by atoms with Gasteiger partial charge in [0.05, 0.1) is 10.6 Å². The topological polar surface area (TPSA) is 69.6 Å². The van der Waals surface area contributed by atoms with Crippen LogP contribution in [0.5, 0.6) is 5.75 Å². The molecule has 98 valence electrons. The number of carbonyl (C=O) groups is 1. The van der Waals surface area contributed by atoms with E-state index in [9.17, 15) is 9.90 Å². The Labute approximate surface area is 115 Å². The smallest absolute Gasteiger partial charge is 0.335 e. The van der Waals surface area contributed by atoms with Crippen LogP contribution in [0.2, 0.25) is 5.02 Å². The summed E-state index contributed by atoms with van der Waals surface area (Å²) in [5, 5.41) is 21.9. The Balaban J connectivity index is 2.06. The Hall–Kier alpha value is -2.20. The van der Waals surface area contributed by atoms with Crippen molar-refractivity contribution in [2.45, 2.75) is 6.54 Å². The second kappa shape index (κ2) is 5.63. The van der Waals surface area contributed by atoms with Crippen molar-refractivity contribution in [1.29, 1.82) is 0 Å².